The fraction of sp³-hybridized carbons (Fsp3) is 0.583. The van der Waals surface area contributed by atoms with Crippen molar-refractivity contribution < 1.29 is 9.59 Å². The van der Waals surface area contributed by atoms with Crippen molar-refractivity contribution in [1.29, 1.82) is 0 Å². The molecule has 0 radical (unpaired) electrons. The smallest absolute Gasteiger partial charge is 0.250 e. The molecule has 1 fully saturated rings. The molecule has 2 unspecified atom stereocenters. The molecular weight excluding hydrogens is 232 g/mol. The van der Waals surface area contributed by atoms with Gasteiger partial charge in [-0.25, -0.2) is 0 Å². The molecule has 0 aromatic carbocycles. The van der Waals surface area contributed by atoms with Gasteiger partial charge in [0.25, 0.3) is 0 Å². The summed E-state index contributed by atoms with van der Waals surface area (Å²) >= 11 is 0. The number of hydrogen-bond donors (Lipinski definition) is 1. The molecule has 2 amide bonds. The van der Waals surface area contributed by atoms with Crippen molar-refractivity contribution in [3.05, 3.63) is 12.4 Å². The van der Waals surface area contributed by atoms with Gasteiger partial charge in [0.15, 0.2) is 0 Å². The van der Waals surface area contributed by atoms with Crippen LogP contribution in [0.4, 0.5) is 5.69 Å². The first-order chi connectivity index (χ1) is 8.54. The number of anilines is 1. The molecule has 1 saturated heterocycles. The molecule has 2 heterocycles. The molecule has 6 heteroatoms. The maximum absolute atomic E-state index is 12.4. The van der Waals surface area contributed by atoms with Crippen LogP contribution in [-0.2, 0) is 16.6 Å². The van der Waals surface area contributed by atoms with E-state index in [2.05, 4.69) is 10.4 Å². The molecule has 0 aliphatic carbocycles. The van der Waals surface area contributed by atoms with Gasteiger partial charge >= 0.3 is 0 Å². The average molecular weight is 250 g/mol. The van der Waals surface area contributed by atoms with E-state index in [0.717, 1.165) is 6.42 Å². The van der Waals surface area contributed by atoms with E-state index in [0.29, 0.717) is 12.1 Å². The molecule has 1 aromatic heterocycles. The van der Waals surface area contributed by atoms with Crippen LogP contribution in [0.3, 0.4) is 0 Å². The first-order valence-corrected chi connectivity index (χ1v) is 6.16. The highest BCUT2D eigenvalue weighted by Crippen LogP contribution is 2.21. The lowest BCUT2D eigenvalue weighted by atomic mass is 10.0. The summed E-state index contributed by atoms with van der Waals surface area (Å²) in [6, 6.07) is -0.909. The van der Waals surface area contributed by atoms with Crippen LogP contribution >= 0.6 is 0 Å². The molecule has 1 aliphatic rings. The Morgan fingerprint density at radius 3 is 2.72 bits per heavy atom. The zero-order valence-electron chi connectivity index (χ0n) is 10.9. The normalized spacial score (nSPS) is 24.3. The Labute approximate surface area is 106 Å². The van der Waals surface area contributed by atoms with Crippen molar-refractivity contribution in [2.45, 2.75) is 38.8 Å². The molecule has 2 atom stereocenters. The van der Waals surface area contributed by atoms with Crippen LogP contribution in [0.1, 0.15) is 26.7 Å². The molecule has 1 aromatic rings. The van der Waals surface area contributed by atoms with E-state index in [1.54, 1.807) is 31.0 Å². The fourth-order valence-corrected chi connectivity index (χ4v) is 2.20. The monoisotopic (exact) mass is 250 g/mol. The van der Waals surface area contributed by atoms with E-state index in [1.165, 1.54) is 4.90 Å². The molecule has 0 bridgehead atoms. The summed E-state index contributed by atoms with van der Waals surface area (Å²) in [4.78, 5) is 25.8. The van der Waals surface area contributed by atoms with Gasteiger partial charge in [-0.15, -0.1) is 0 Å². The number of rotatable bonds is 3. The summed E-state index contributed by atoms with van der Waals surface area (Å²) in [6.45, 7) is 3.72. The third-order valence-electron chi connectivity index (χ3n) is 3.17. The first kappa shape index (κ1) is 12.6. The summed E-state index contributed by atoms with van der Waals surface area (Å²) in [5.41, 5.74) is 0.672. The lowest BCUT2D eigenvalue weighted by Crippen LogP contribution is -2.62. The number of hydrogen-bond acceptors (Lipinski definition) is 3. The van der Waals surface area contributed by atoms with Gasteiger partial charge in [0.2, 0.25) is 11.8 Å². The minimum Gasteiger partial charge on any atom is -0.342 e. The standard InChI is InChI=1S/C12H18N4O2/c1-4-5-10-12(18)16(8(2)11(17)14-10)9-6-13-15(3)7-9/h6-8,10H,4-5H2,1-3H3,(H,14,17). The number of amides is 2. The fourth-order valence-electron chi connectivity index (χ4n) is 2.20. The van der Waals surface area contributed by atoms with Crippen molar-refractivity contribution in [2.75, 3.05) is 4.90 Å². The number of carbonyl (C=O) groups is 2. The predicted molar refractivity (Wildman–Crippen MR) is 67.0 cm³/mol. The third-order valence-corrected chi connectivity index (χ3v) is 3.17. The van der Waals surface area contributed by atoms with Crippen molar-refractivity contribution in [3.8, 4) is 0 Å². The SMILES string of the molecule is CCCC1NC(=O)C(C)N(c2cnn(C)c2)C1=O. The first-order valence-electron chi connectivity index (χ1n) is 6.16. The summed E-state index contributed by atoms with van der Waals surface area (Å²) in [5.74, 6) is -0.172. The topological polar surface area (TPSA) is 67.2 Å². The quantitative estimate of drug-likeness (QED) is 0.846. The molecule has 0 saturated carbocycles. The highest BCUT2D eigenvalue weighted by molar-refractivity contribution is 6.08. The van der Waals surface area contributed by atoms with Crippen LogP contribution in [0.2, 0.25) is 0 Å². The van der Waals surface area contributed by atoms with Gasteiger partial charge < -0.3 is 5.32 Å². The Bertz CT molecular complexity index is 468. The second-order valence-corrected chi connectivity index (χ2v) is 4.61. The van der Waals surface area contributed by atoms with Gasteiger partial charge in [-0.1, -0.05) is 13.3 Å². The van der Waals surface area contributed by atoms with E-state index in [1.807, 2.05) is 6.92 Å². The zero-order chi connectivity index (χ0) is 13.3. The highest BCUT2D eigenvalue weighted by atomic mass is 16.2. The lowest BCUT2D eigenvalue weighted by Gasteiger charge is -2.36. The minimum atomic E-state index is -0.491. The summed E-state index contributed by atoms with van der Waals surface area (Å²) in [6.07, 6.45) is 4.87. The maximum atomic E-state index is 12.4. The highest BCUT2D eigenvalue weighted by Gasteiger charge is 2.38. The van der Waals surface area contributed by atoms with E-state index in [-0.39, 0.29) is 11.8 Å². The number of nitrogens with one attached hydrogen (secondary N) is 1. The Morgan fingerprint density at radius 1 is 1.44 bits per heavy atom. The van der Waals surface area contributed by atoms with Gasteiger partial charge in [0.05, 0.1) is 11.9 Å². The minimum absolute atomic E-state index is 0.0584. The van der Waals surface area contributed by atoms with E-state index < -0.39 is 12.1 Å². The van der Waals surface area contributed by atoms with Crippen molar-refractivity contribution in [3.63, 3.8) is 0 Å². The zero-order valence-corrected chi connectivity index (χ0v) is 10.9. The van der Waals surface area contributed by atoms with Crippen LogP contribution < -0.4 is 10.2 Å². The summed E-state index contributed by atoms with van der Waals surface area (Å²) in [5, 5.41) is 6.81. The third kappa shape index (κ3) is 2.10. The van der Waals surface area contributed by atoms with Crippen LogP contribution in [0, 0.1) is 0 Å². The van der Waals surface area contributed by atoms with Crippen LogP contribution in [0.5, 0.6) is 0 Å². The molecule has 98 valence electrons. The Balaban J connectivity index is 2.30. The number of carbonyl (C=O) groups excluding carboxylic acids is 2. The Hall–Kier alpha value is -1.85. The average Bonchev–Trinajstić information content (AvgIpc) is 2.73. The molecule has 1 N–H and O–H groups in total. The number of piperazine rings is 1. The van der Waals surface area contributed by atoms with Gasteiger partial charge in [0, 0.05) is 13.2 Å². The number of nitrogens with zero attached hydrogens (tertiary/aromatic N) is 3. The maximum Gasteiger partial charge on any atom is 0.250 e. The molecular formula is C12H18N4O2. The second-order valence-electron chi connectivity index (χ2n) is 4.61. The van der Waals surface area contributed by atoms with Crippen LogP contribution in [-0.4, -0.2) is 33.7 Å². The van der Waals surface area contributed by atoms with Crippen LogP contribution in [0.15, 0.2) is 12.4 Å². The van der Waals surface area contributed by atoms with Crippen molar-refractivity contribution >= 4 is 17.5 Å². The number of aromatic nitrogens is 2. The van der Waals surface area contributed by atoms with Gasteiger partial charge in [0.1, 0.15) is 12.1 Å². The summed E-state index contributed by atoms with van der Waals surface area (Å²) < 4.78 is 1.62. The van der Waals surface area contributed by atoms with Gasteiger partial charge in [-0.3, -0.25) is 19.2 Å². The second kappa shape index (κ2) is 4.80. The molecule has 0 spiro atoms. The van der Waals surface area contributed by atoms with E-state index in [9.17, 15) is 9.59 Å². The Morgan fingerprint density at radius 2 is 2.17 bits per heavy atom. The van der Waals surface area contributed by atoms with Crippen molar-refractivity contribution in [2.24, 2.45) is 7.05 Å². The lowest BCUT2D eigenvalue weighted by molar-refractivity contribution is -0.133. The van der Waals surface area contributed by atoms with Crippen LogP contribution in [0.25, 0.3) is 0 Å². The Kier molecular flexibility index (Phi) is 3.36. The van der Waals surface area contributed by atoms with Crippen molar-refractivity contribution in [1.82, 2.24) is 15.1 Å². The number of aryl methyl sites for hydroxylation is 1. The molecule has 18 heavy (non-hydrogen) atoms. The van der Waals surface area contributed by atoms with Gasteiger partial charge in [-0.2, -0.15) is 5.10 Å². The van der Waals surface area contributed by atoms with Gasteiger partial charge in [-0.05, 0) is 13.3 Å². The summed E-state index contributed by atoms with van der Waals surface area (Å²) in [7, 11) is 1.78. The molecule has 1 aliphatic heterocycles. The molecule has 2 rings (SSSR count). The largest absolute Gasteiger partial charge is 0.342 e. The predicted octanol–water partition coefficient (Wildman–Crippen LogP) is 0.440. The van der Waals surface area contributed by atoms with E-state index >= 15 is 0 Å². The van der Waals surface area contributed by atoms with E-state index in [4.69, 9.17) is 0 Å². The molecule has 6 nitrogen and oxygen atoms in total.